The molecule has 292 valence electrons. The minimum atomic E-state index is -0.538. The maximum Gasteiger partial charge on any atom is 0.0713 e. The molecule has 0 bridgehead atoms. The van der Waals surface area contributed by atoms with Crippen LogP contribution in [0.1, 0.15) is 22.3 Å². The highest BCUT2D eigenvalue weighted by atomic mass is 32.1. The highest BCUT2D eigenvalue weighted by Crippen LogP contribution is 2.58. The Kier molecular flexibility index (Phi) is 8.62. The van der Waals surface area contributed by atoms with Crippen LogP contribution in [0.2, 0.25) is 0 Å². The van der Waals surface area contributed by atoms with E-state index in [1.807, 2.05) is 11.3 Å². The van der Waals surface area contributed by atoms with Crippen molar-refractivity contribution in [2.45, 2.75) is 5.41 Å². The predicted octanol–water partition coefficient (Wildman–Crippen LogP) is 16.5. The lowest BCUT2D eigenvalue weighted by Gasteiger charge is -2.34. The molecule has 10 aromatic carbocycles. The van der Waals surface area contributed by atoms with Crippen molar-refractivity contribution in [3.05, 3.63) is 265 Å². The van der Waals surface area contributed by atoms with Gasteiger partial charge in [0.1, 0.15) is 0 Å². The highest BCUT2D eigenvalue weighted by molar-refractivity contribution is 7.25. The van der Waals surface area contributed by atoms with Crippen molar-refractivity contribution in [1.29, 1.82) is 0 Å². The van der Waals surface area contributed by atoms with Gasteiger partial charge in [-0.1, -0.05) is 152 Å². The van der Waals surface area contributed by atoms with Gasteiger partial charge in [0.05, 0.1) is 5.41 Å². The smallest absolute Gasteiger partial charge is 0.0713 e. The molecular weight excluding hydrogens is 769 g/mol. The topological polar surface area (TPSA) is 6.48 Å². The number of para-hydroxylation sites is 3. The van der Waals surface area contributed by atoms with E-state index >= 15 is 0 Å². The molecule has 0 saturated carbocycles. The summed E-state index contributed by atoms with van der Waals surface area (Å²) in [6.07, 6.45) is 0. The third-order valence-corrected chi connectivity index (χ3v) is 13.8. The Morgan fingerprint density at radius 2 is 0.726 bits per heavy atom. The van der Waals surface area contributed by atoms with Gasteiger partial charge in [-0.15, -0.1) is 11.3 Å². The minimum absolute atomic E-state index is 0.538. The second-order valence-electron chi connectivity index (χ2n) is 16.1. The molecule has 1 heterocycles. The van der Waals surface area contributed by atoms with Crippen molar-refractivity contribution >= 4 is 76.4 Å². The average molecular weight is 809 g/mol. The van der Waals surface area contributed by atoms with E-state index in [-0.39, 0.29) is 0 Å². The van der Waals surface area contributed by atoms with Crippen LogP contribution in [0.25, 0.3) is 42.1 Å². The number of hydrogen-bond acceptors (Lipinski definition) is 3. The van der Waals surface area contributed by atoms with Crippen LogP contribution in [0.5, 0.6) is 0 Å². The van der Waals surface area contributed by atoms with Crippen molar-refractivity contribution in [2.75, 3.05) is 9.80 Å². The number of anilines is 6. The number of fused-ring (bicyclic) bond motifs is 7. The lowest BCUT2D eigenvalue weighted by atomic mass is 9.67. The van der Waals surface area contributed by atoms with Gasteiger partial charge in [-0.2, -0.15) is 0 Å². The van der Waals surface area contributed by atoms with Crippen LogP contribution in [0.15, 0.2) is 243 Å². The van der Waals surface area contributed by atoms with Gasteiger partial charge in [-0.3, -0.25) is 0 Å². The summed E-state index contributed by atoms with van der Waals surface area (Å²) < 4.78 is 2.64. The van der Waals surface area contributed by atoms with Crippen LogP contribution in [0.4, 0.5) is 34.1 Å². The van der Waals surface area contributed by atoms with Crippen molar-refractivity contribution < 1.29 is 0 Å². The number of hydrogen-bond donors (Lipinski definition) is 0. The Labute approximate surface area is 365 Å². The van der Waals surface area contributed by atoms with Gasteiger partial charge in [-0.05, 0) is 135 Å². The first-order chi connectivity index (χ1) is 30.7. The van der Waals surface area contributed by atoms with Crippen LogP contribution in [-0.2, 0) is 5.41 Å². The number of nitrogens with zero attached hydrogens (tertiary/aromatic N) is 2. The number of rotatable bonds is 8. The van der Waals surface area contributed by atoms with Gasteiger partial charge < -0.3 is 9.80 Å². The zero-order chi connectivity index (χ0) is 41.0. The fraction of sp³-hybridized carbons (Fsp3) is 0.0169. The Morgan fingerprint density at radius 1 is 0.290 bits per heavy atom. The van der Waals surface area contributed by atoms with Crippen molar-refractivity contribution in [1.82, 2.24) is 0 Å². The summed E-state index contributed by atoms with van der Waals surface area (Å²) in [5.41, 5.74) is 13.6. The number of benzene rings is 10. The van der Waals surface area contributed by atoms with E-state index in [4.69, 9.17) is 0 Å². The van der Waals surface area contributed by atoms with E-state index in [1.165, 1.54) is 64.3 Å². The van der Waals surface area contributed by atoms with E-state index in [0.717, 1.165) is 34.1 Å². The second kappa shape index (κ2) is 14.8. The molecular formula is C59H40N2S. The monoisotopic (exact) mass is 808 g/mol. The molecule has 0 spiro atoms. The van der Waals surface area contributed by atoms with Crippen LogP contribution < -0.4 is 9.80 Å². The first-order valence-electron chi connectivity index (χ1n) is 21.2. The van der Waals surface area contributed by atoms with Gasteiger partial charge in [-0.25, -0.2) is 0 Å². The predicted molar refractivity (Wildman–Crippen MR) is 264 cm³/mol. The molecule has 1 aromatic heterocycles. The molecule has 12 rings (SSSR count). The Balaban J connectivity index is 1.10. The first-order valence-corrected chi connectivity index (χ1v) is 22.1. The van der Waals surface area contributed by atoms with E-state index in [2.05, 4.69) is 252 Å². The maximum absolute atomic E-state index is 2.44. The van der Waals surface area contributed by atoms with E-state index in [0.29, 0.717) is 0 Å². The molecule has 62 heavy (non-hydrogen) atoms. The van der Waals surface area contributed by atoms with Gasteiger partial charge in [0.2, 0.25) is 0 Å². The lowest BCUT2D eigenvalue weighted by molar-refractivity contribution is 0.768. The van der Waals surface area contributed by atoms with Crippen LogP contribution in [0, 0.1) is 0 Å². The summed E-state index contributed by atoms with van der Waals surface area (Å²) in [6, 6.07) is 89.1. The van der Waals surface area contributed by atoms with Gasteiger partial charge in [0.25, 0.3) is 0 Å². The molecule has 0 unspecified atom stereocenters. The summed E-state index contributed by atoms with van der Waals surface area (Å²) in [7, 11) is 0. The molecule has 0 N–H and O–H groups in total. The largest absolute Gasteiger partial charge is 0.310 e. The molecule has 1 aliphatic carbocycles. The van der Waals surface area contributed by atoms with E-state index in [9.17, 15) is 0 Å². The van der Waals surface area contributed by atoms with Gasteiger partial charge in [0.15, 0.2) is 0 Å². The first kappa shape index (κ1) is 36.2. The molecule has 0 fully saturated rings. The molecule has 2 nitrogen and oxygen atoms in total. The second-order valence-corrected chi connectivity index (χ2v) is 17.2. The van der Waals surface area contributed by atoms with Crippen molar-refractivity contribution in [2.24, 2.45) is 0 Å². The quantitative estimate of drug-likeness (QED) is 0.151. The summed E-state index contributed by atoms with van der Waals surface area (Å²) >= 11 is 1.87. The summed E-state index contributed by atoms with van der Waals surface area (Å²) in [6.45, 7) is 0. The SMILES string of the molecule is c1ccc(N(c2ccccc2)c2ccc3c(c2)-c2cc(N(c4ccccc4)c4ccc5cc6sc7ccccc7c6cc5c4)ccc2C3(c2ccccc2)c2ccccc2)cc1. The molecule has 0 aliphatic heterocycles. The summed E-state index contributed by atoms with van der Waals surface area (Å²) in [4.78, 5) is 4.79. The van der Waals surface area contributed by atoms with Crippen molar-refractivity contribution in [3.63, 3.8) is 0 Å². The van der Waals surface area contributed by atoms with E-state index in [1.54, 1.807) is 0 Å². The third-order valence-electron chi connectivity index (χ3n) is 12.7. The van der Waals surface area contributed by atoms with Gasteiger partial charge in [0, 0.05) is 54.3 Å². The number of thiophene rings is 1. The van der Waals surface area contributed by atoms with Crippen LogP contribution in [0.3, 0.4) is 0 Å². The molecule has 3 heteroatoms. The van der Waals surface area contributed by atoms with Crippen molar-refractivity contribution in [3.8, 4) is 11.1 Å². The Morgan fingerprint density at radius 3 is 1.26 bits per heavy atom. The lowest BCUT2D eigenvalue weighted by Crippen LogP contribution is -2.28. The van der Waals surface area contributed by atoms with Gasteiger partial charge >= 0.3 is 0 Å². The van der Waals surface area contributed by atoms with Crippen LogP contribution >= 0.6 is 11.3 Å². The zero-order valence-corrected chi connectivity index (χ0v) is 34.7. The summed E-state index contributed by atoms with van der Waals surface area (Å²) in [5, 5.41) is 5.09. The van der Waals surface area contributed by atoms with Crippen LogP contribution in [-0.4, -0.2) is 0 Å². The molecule has 0 radical (unpaired) electrons. The fourth-order valence-electron chi connectivity index (χ4n) is 9.97. The minimum Gasteiger partial charge on any atom is -0.310 e. The molecule has 1 aliphatic rings. The van der Waals surface area contributed by atoms with E-state index < -0.39 is 5.41 Å². The zero-order valence-electron chi connectivity index (χ0n) is 33.9. The third kappa shape index (κ3) is 5.78. The molecule has 0 atom stereocenters. The summed E-state index contributed by atoms with van der Waals surface area (Å²) in [5.74, 6) is 0. The Hall–Kier alpha value is -7.72. The average Bonchev–Trinajstić information content (AvgIpc) is 3.85. The fourth-order valence-corrected chi connectivity index (χ4v) is 11.1. The molecule has 11 aromatic rings. The highest BCUT2D eigenvalue weighted by Gasteiger charge is 2.46. The maximum atomic E-state index is 2.44. The standard InChI is InChI=1S/C59H40N2S/c1-6-18-43(19-7-1)59(44-20-8-2-9-21-44)55-34-32-49(60(45-22-10-3-11-23-45)46-24-12-4-13-25-46)39-52(55)53-40-50(33-35-56(53)59)61(47-26-14-5-15-27-47)48-31-30-41-38-58-54(37-42(41)36-48)51-28-16-17-29-57(51)62-58/h1-40H. The normalized spacial score (nSPS) is 12.6. The molecule has 0 saturated heterocycles. The Bertz CT molecular complexity index is 3320. The molecule has 0 amide bonds.